The average molecular weight is 687 g/mol. The van der Waals surface area contributed by atoms with Crippen molar-refractivity contribution in [2.45, 2.75) is 0 Å². The topological polar surface area (TPSA) is 43.6 Å². The fourth-order valence-corrected chi connectivity index (χ4v) is 6.94. The van der Waals surface area contributed by atoms with E-state index in [2.05, 4.69) is 9.55 Å². The summed E-state index contributed by atoms with van der Waals surface area (Å²) in [7, 11) is 0. The molecule has 0 N–H and O–H groups in total. The van der Waals surface area contributed by atoms with Gasteiger partial charge in [-0.2, -0.15) is 0 Å². The van der Waals surface area contributed by atoms with Crippen LogP contribution in [-0.4, -0.2) is 19.5 Å². The first-order valence-corrected chi connectivity index (χ1v) is 17.0. The molecule has 2 heterocycles. The number of rotatable bonds is 6. The lowest BCUT2D eigenvalue weighted by Gasteiger charge is -2.11. The molecule has 4 heteroatoms. The molecule has 0 atom stereocenters. The van der Waals surface area contributed by atoms with Crippen molar-refractivity contribution >= 4 is 32.6 Å². The molecule has 8 aromatic carbocycles. The van der Waals surface area contributed by atoms with E-state index in [1.165, 1.54) is 0 Å². The van der Waals surface area contributed by atoms with Crippen LogP contribution in [-0.2, 0) is 0 Å². The van der Waals surface area contributed by atoms with E-state index in [1.807, 2.05) is 127 Å². The van der Waals surface area contributed by atoms with Crippen LogP contribution >= 0.6 is 0 Å². The second kappa shape index (κ2) is 12.9. The van der Waals surface area contributed by atoms with Gasteiger partial charge < -0.3 is 4.57 Å². The normalized spacial score (nSPS) is 14.0. The molecule has 0 radical (unpaired) electrons. The van der Waals surface area contributed by atoms with E-state index in [-0.39, 0.29) is 52.8 Å². The molecule has 0 saturated heterocycles. The van der Waals surface area contributed by atoms with Gasteiger partial charge in [-0.1, -0.05) is 164 Å². The Bertz CT molecular complexity index is 3460. The fraction of sp³-hybridized carbons (Fsp3) is 0. The van der Waals surface area contributed by atoms with Crippen molar-refractivity contribution in [1.29, 1.82) is 0 Å². The zero-order valence-electron chi connectivity index (χ0n) is 38.0. The molecule has 10 aromatic rings. The summed E-state index contributed by atoms with van der Waals surface area (Å²) in [5.41, 5.74) is 6.32. The maximum atomic E-state index is 8.72. The number of fused-ring (bicyclic) bond motifs is 4. The molecule has 10 rings (SSSR count). The van der Waals surface area contributed by atoms with Crippen LogP contribution in [0.4, 0.5) is 0 Å². The molecule has 0 saturated carbocycles. The van der Waals surface area contributed by atoms with Crippen molar-refractivity contribution in [1.82, 2.24) is 19.5 Å². The van der Waals surface area contributed by atoms with E-state index >= 15 is 0 Å². The first-order valence-electron chi connectivity index (χ1n) is 22.0. The average Bonchev–Trinajstić information content (AvgIpc) is 3.66. The van der Waals surface area contributed by atoms with Crippen LogP contribution in [0.5, 0.6) is 0 Å². The minimum atomic E-state index is -0.502. The second-order valence-corrected chi connectivity index (χ2v) is 12.5. The van der Waals surface area contributed by atoms with Gasteiger partial charge in [-0.15, -0.1) is 0 Å². The first-order chi connectivity index (χ1) is 30.4. The standard InChI is InChI=1S/C49H32N4/c1-3-13-36(14-4-1)42-19-11-21-45-46(42)43-18-9-10-20-44(43)53(45)41-30-28-35(29-31-41)34-22-25-38(26-23-34)48-50-47(37-15-5-2-6-16-37)51-49(52-48)40-27-24-33-12-7-8-17-39(33)32-40/h1-32H/i1D,2D,3D,4D,5D,6D,13D,14D,15D,16D. The third-order valence-electron chi connectivity index (χ3n) is 9.44. The predicted molar refractivity (Wildman–Crippen MR) is 219 cm³/mol. The van der Waals surface area contributed by atoms with Crippen molar-refractivity contribution in [3.05, 3.63) is 194 Å². The molecule has 248 valence electrons. The van der Waals surface area contributed by atoms with Crippen molar-refractivity contribution in [3.63, 3.8) is 0 Å². The highest BCUT2D eigenvalue weighted by Crippen LogP contribution is 2.39. The predicted octanol–water partition coefficient (Wildman–Crippen LogP) is 12.5. The molecule has 0 unspecified atom stereocenters. The molecule has 0 aliphatic carbocycles. The van der Waals surface area contributed by atoms with Crippen LogP contribution in [0, 0.1) is 0 Å². The Morgan fingerprint density at radius 2 is 0.943 bits per heavy atom. The van der Waals surface area contributed by atoms with Gasteiger partial charge in [0.2, 0.25) is 0 Å². The molecule has 0 amide bonds. The van der Waals surface area contributed by atoms with Crippen molar-refractivity contribution in [2.75, 3.05) is 0 Å². The Morgan fingerprint density at radius 3 is 1.68 bits per heavy atom. The number of hydrogen-bond acceptors (Lipinski definition) is 3. The highest BCUT2D eigenvalue weighted by molar-refractivity contribution is 6.15. The highest BCUT2D eigenvalue weighted by Gasteiger charge is 2.17. The van der Waals surface area contributed by atoms with Crippen LogP contribution in [0.1, 0.15) is 13.7 Å². The van der Waals surface area contributed by atoms with Gasteiger partial charge in [-0.3, -0.25) is 0 Å². The summed E-state index contributed by atoms with van der Waals surface area (Å²) in [4.78, 5) is 14.2. The molecule has 0 aliphatic heterocycles. The van der Waals surface area contributed by atoms with Crippen LogP contribution in [0.2, 0.25) is 0 Å². The van der Waals surface area contributed by atoms with Gasteiger partial charge in [0, 0.05) is 33.2 Å². The van der Waals surface area contributed by atoms with E-state index in [4.69, 9.17) is 23.7 Å². The second-order valence-electron chi connectivity index (χ2n) is 12.5. The van der Waals surface area contributed by atoms with Gasteiger partial charge >= 0.3 is 0 Å². The van der Waals surface area contributed by atoms with E-state index in [0.29, 0.717) is 16.7 Å². The zero-order valence-corrected chi connectivity index (χ0v) is 28.0. The van der Waals surface area contributed by atoms with Gasteiger partial charge in [0.1, 0.15) is 0 Å². The number of nitrogens with zero attached hydrogens (tertiary/aromatic N) is 4. The first kappa shape index (κ1) is 21.9. The molecule has 0 aliphatic rings. The third-order valence-corrected chi connectivity index (χ3v) is 9.44. The summed E-state index contributed by atoms with van der Waals surface area (Å²) >= 11 is 0. The van der Waals surface area contributed by atoms with Gasteiger partial charge in [-0.05, 0) is 63.4 Å². The fourth-order valence-electron chi connectivity index (χ4n) is 6.94. The SMILES string of the molecule is [2H]c1c([2H])c([2H])c(-c2nc(-c3ccc(-c4ccc(-n5c6ccccc6c6c(-c7c([2H])c([2H])c([2H])c([2H])c7[2H])cccc65)cc4)cc3)nc(-c3ccc4ccccc4c3)n2)c([2H])c1[2H]. The molecule has 0 fully saturated rings. The van der Waals surface area contributed by atoms with Gasteiger partial charge in [0.05, 0.1) is 24.7 Å². The monoisotopic (exact) mass is 686 g/mol. The summed E-state index contributed by atoms with van der Waals surface area (Å²) in [5.74, 6) is 0.522. The molecule has 0 bridgehead atoms. The van der Waals surface area contributed by atoms with Gasteiger partial charge in [0.25, 0.3) is 0 Å². The van der Waals surface area contributed by atoms with E-state index in [9.17, 15) is 0 Å². The maximum absolute atomic E-state index is 8.72. The van der Waals surface area contributed by atoms with E-state index in [1.54, 1.807) is 6.07 Å². The molecular weight excluding hydrogens is 645 g/mol. The third kappa shape index (κ3) is 5.54. The molecule has 2 aromatic heterocycles. The molecule has 0 spiro atoms. The lowest BCUT2D eigenvalue weighted by Crippen LogP contribution is -2.00. The van der Waals surface area contributed by atoms with Crippen LogP contribution < -0.4 is 0 Å². The van der Waals surface area contributed by atoms with E-state index in [0.717, 1.165) is 49.4 Å². The van der Waals surface area contributed by atoms with Crippen LogP contribution in [0.15, 0.2) is 194 Å². The van der Waals surface area contributed by atoms with Gasteiger partial charge in [0.15, 0.2) is 17.5 Å². The number of para-hydroxylation sites is 1. The summed E-state index contributed by atoms with van der Waals surface area (Å²) in [6.07, 6.45) is 0. The minimum absolute atomic E-state index is 0.0367. The zero-order chi connectivity index (χ0) is 43.8. The van der Waals surface area contributed by atoms with Crippen LogP contribution in [0.3, 0.4) is 0 Å². The Balaban J connectivity index is 1.04. The smallest absolute Gasteiger partial charge is 0.164 e. The lowest BCUT2D eigenvalue weighted by molar-refractivity contribution is 1.07. The number of hydrogen-bond donors (Lipinski definition) is 0. The quantitative estimate of drug-likeness (QED) is 0.175. The van der Waals surface area contributed by atoms with Crippen molar-refractivity contribution < 1.29 is 13.7 Å². The number of aromatic nitrogens is 4. The summed E-state index contributed by atoms with van der Waals surface area (Å²) in [6, 6.07) is 38.9. The largest absolute Gasteiger partial charge is 0.309 e. The summed E-state index contributed by atoms with van der Waals surface area (Å²) in [5, 5.41) is 3.66. The number of benzene rings is 8. The Morgan fingerprint density at radius 1 is 0.396 bits per heavy atom. The van der Waals surface area contributed by atoms with Crippen LogP contribution in [0.25, 0.3) is 94.7 Å². The van der Waals surface area contributed by atoms with E-state index < -0.39 is 36.3 Å². The Labute approximate surface area is 321 Å². The maximum Gasteiger partial charge on any atom is 0.164 e. The Kier molecular flexibility index (Phi) is 5.32. The highest BCUT2D eigenvalue weighted by atomic mass is 15.0. The summed E-state index contributed by atoms with van der Waals surface area (Å²) in [6.45, 7) is 0. The lowest BCUT2D eigenvalue weighted by atomic mass is 9.99. The Hall–Kier alpha value is -7.17. The van der Waals surface area contributed by atoms with Crippen molar-refractivity contribution in [3.8, 4) is 62.1 Å². The van der Waals surface area contributed by atoms with Gasteiger partial charge in [-0.25, -0.2) is 15.0 Å². The van der Waals surface area contributed by atoms with Crippen molar-refractivity contribution in [2.24, 2.45) is 0 Å². The molecule has 53 heavy (non-hydrogen) atoms. The molecule has 4 nitrogen and oxygen atoms in total. The molecular formula is C49H32N4. The minimum Gasteiger partial charge on any atom is -0.309 e. The summed E-state index contributed by atoms with van der Waals surface area (Å²) < 4.78 is 86.4.